The molecule has 0 saturated heterocycles. The third kappa shape index (κ3) is 2.82. The quantitative estimate of drug-likeness (QED) is 0.746. The van der Waals surface area contributed by atoms with E-state index in [9.17, 15) is 4.79 Å². The van der Waals surface area contributed by atoms with Gasteiger partial charge in [0.2, 0.25) is 0 Å². The summed E-state index contributed by atoms with van der Waals surface area (Å²) in [4.78, 5) is 16.0. The monoisotopic (exact) mass is 251 g/mol. The molecule has 0 aliphatic rings. The molecule has 2 rings (SSSR count). The zero-order chi connectivity index (χ0) is 12.3. The molecule has 2 aromatic rings. The molecule has 0 aromatic carbocycles. The van der Waals surface area contributed by atoms with Gasteiger partial charge in [-0.1, -0.05) is 0 Å². The first kappa shape index (κ1) is 11.6. The van der Waals surface area contributed by atoms with E-state index in [-0.39, 0.29) is 5.91 Å². The molecule has 0 atom stereocenters. The maximum atomic E-state index is 11.6. The smallest absolute Gasteiger partial charge is 0.271 e. The predicted octanol–water partition coefficient (Wildman–Crippen LogP) is 0.729. The molecule has 0 fully saturated rings. The lowest BCUT2D eigenvalue weighted by molar-refractivity contribution is 0.0950. The van der Waals surface area contributed by atoms with Crippen LogP contribution in [-0.4, -0.2) is 27.6 Å². The van der Waals surface area contributed by atoms with Gasteiger partial charge in [-0.05, 0) is 6.92 Å². The number of H-pyrrole nitrogens is 1. The van der Waals surface area contributed by atoms with Gasteiger partial charge in [-0.2, -0.15) is 5.10 Å². The number of aromatic amines is 1. The minimum Gasteiger partial charge on any atom is -0.396 e. The van der Waals surface area contributed by atoms with Crippen molar-refractivity contribution in [3.05, 3.63) is 28.0 Å². The Kier molecular flexibility index (Phi) is 3.38. The lowest BCUT2D eigenvalue weighted by Gasteiger charge is -2.02. The largest absolute Gasteiger partial charge is 0.396 e. The van der Waals surface area contributed by atoms with Gasteiger partial charge in [-0.25, -0.2) is 4.98 Å². The van der Waals surface area contributed by atoms with Crippen molar-refractivity contribution in [2.75, 3.05) is 12.3 Å². The second kappa shape index (κ2) is 4.96. The van der Waals surface area contributed by atoms with Crippen molar-refractivity contribution >= 4 is 22.9 Å². The summed E-state index contributed by atoms with van der Waals surface area (Å²) in [6.07, 6.45) is 2.13. The van der Waals surface area contributed by atoms with Crippen LogP contribution in [0, 0.1) is 6.92 Å². The fourth-order valence-electron chi connectivity index (χ4n) is 1.39. The van der Waals surface area contributed by atoms with Crippen LogP contribution in [0.1, 0.15) is 21.2 Å². The molecule has 0 saturated carbocycles. The number of anilines is 1. The minimum absolute atomic E-state index is 0.244. The summed E-state index contributed by atoms with van der Waals surface area (Å²) in [5.41, 5.74) is 7.21. The lowest BCUT2D eigenvalue weighted by atomic mass is 10.3. The maximum Gasteiger partial charge on any atom is 0.271 e. The molecule has 2 aromatic heterocycles. The average Bonchev–Trinajstić information content (AvgIpc) is 2.87. The number of thiazole rings is 1. The van der Waals surface area contributed by atoms with Crippen LogP contribution in [0.25, 0.3) is 0 Å². The number of nitrogens with one attached hydrogen (secondary N) is 2. The Balaban J connectivity index is 1.83. The summed E-state index contributed by atoms with van der Waals surface area (Å²) in [7, 11) is 0. The Morgan fingerprint density at radius 1 is 1.65 bits per heavy atom. The van der Waals surface area contributed by atoms with Crippen LogP contribution in [0.15, 0.2) is 11.6 Å². The fraction of sp³-hybridized carbons (Fsp3) is 0.300. The Labute approximate surface area is 102 Å². The molecular weight excluding hydrogens is 238 g/mol. The Morgan fingerprint density at radius 3 is 3.06 bits per heavy atom. The lowest BCUT2D eigenvalue weighted by Crippen LogP contribution is -2.26. The summed E-state index contributed by atoms with van der Waals surface area (Å²) in [5.74, 6) is -0.244. The van der Waals surface area contributed by atoms with Crippen molar-refractivity contribution in [3.8, 4) is 0 Å². The van der Waals surface area contributed by atoms with Gasteiger partial charge in [-0.15, -0.1) is 11.3 Å². The highest BCUT2D eigenvalue weighted by atomic mass is 32.1. The highest BCUT2D eigenvalue weighted by Crippen LogP contribution is 2.08. The van der Waals surface area contributed by atoms with Gasteiger partial charge in [0.1, 0.15) is 5.69 Å². The molecule has 0 spiro atoms. The molecule has 0 bridgehead atoms. The number of aromatic nitrogens is 3. The molecule has 0 unspecified atom stereocenters. The number of hydrogen-bond donors (Lipinski definition) is 3. The van der Waals surface area contributed by atoms with E-state index in [0.717, 1.165) is 10.7 Å². The highest BCUT2D eigenvalue weighted by Gasteiger charge is 2.10. The van der Waals surface area contributed by atoms with Crippen LogP contribution in [0.2, 0.25) is 0 Å². The number of aryl methyl sites for hydroxylation is 1. The van der Waals surface area contributed by atoms with E-state index in [1.165, 1.54) is 6.20 Å². The van der Waals surface area contributed by atoms with Gasteiger partial charge in [-0.3, -0.25) is 9.89 Å². The molecule has 90 valence electrons. The minimum atomic E-state index is -0.244. The molecule has 2 heterocycles. The topological polar surface area (TPSA) is 96.7 Å². The summed E-state index contributed by atoms with van der Waals surface area (Å²) in [5, 5.41) is 12.0. The molecule has 1 amide bonds. The van der Waals surface area contributed by atoms with E-state index in [1.807, 2.05) is 12.3 Å². The number of carbonyl (C=O) groups excluding carboxylic acids is 1. The third-order valence-corrected chi connectivity index (χ3v) is 3.05. The van der Waals surface area contributed by atoms with E-state index >= 15 is 0 Å². The predicted molar refractivity (Wildman–Crippen MR) is 65.9 cm³/mol. The Morgan fingerprint density at radius 2 is 2.47 bits per heavy atom. The summed E-state index contributed by atoms with van der Waals surface area (Å²) >= 11 is 1.60. The first-order chi connectivity index (χ1) is 8.16. The zero-order valence-corrected chi connectivity index (χ0v) is 10.2. The maximum absolute atomic E-state index is 11.6. The van der Waals surface area contributed by atoms with E-state index in [1.54, 1.807) is 11.3 Å². The second-order valence-electron chi connectivity index (χ2n) is 3.56. The van der Waals surface area contributed by atoms with Crippen molar-refractivity contribution in [2.24, 2.45) is 0 Å². The fourth-order valence-corrected chi connectivity index (χ4v) is 2.04. The van der Waals surface area contributed by atoms with Crippen molar-refractivity contribution in [1.82, 2.24) is 20.5 Å². The van der Waals surface area contributed by atoms with E-state index in [4.69, 9.17) is 5.73 Å². The number of carbonyl (C=O) groups is 1. The molecule has 0 radical (unpaired) electrons. The first-order valence-electron chi connectivity index (χ1n) is 5.15. The summed E-state index contributed by atoms with van der Waals surface area (Å²) in [6.45, 7) is 2.48. The normalized spacial score (nSPS) is 10.4. The van der Waals surface area contributed by atoms with Gasteiger partial charge in [0, 0.05) is 18.3 Å². The number of nitrogens with two attached hydrogens (primary N) is 1. The standard InChI is InChI=1S/C10H13N5OS/c1-6-14-7(5-17-6)2-3-12-10(16)9-8(11)4-13-15-9/h4-5H,2-3,11H2,1H3,(H,12,16)(H,13,15). The Hall–Kier alpha value is -1.89. The van der Waals surface area contributed by atoms with Gasteiger partial charge in [0.25, 0.3) is 5.91 Å². The average molecular weight is 251 g/mol. The number of nitrogen functional groups attached to an aromatic ring is 1. The molecule has 6 nitrogen and oxygen atoms in total. The summed E-state index contributed by atoms with van der Waals surface area (Å²) in [6, 6.07) is 0. The van der Waals surface area contributed by atoms with Crippen molar-refractivity contribution in [1.29, 1.82) is 0 Å². The van der Waals surface area contributed by atoms with Gasteiger partial charge in [0.15, 0.2) is 0 Å². The van der Waals surface area contributed by atoms with Crippen LogP contribution in [0.5, 0.6) is 0 Å². The van der Waals surface area contributed by atoms with Crippen LogP contribution < -0.4 is 11.1 Å². The molecule has 0 aliphatic heterocycles. The van der Waals surface area contributed by atoms with E-state index < -0.39 is 0 Å². The number of nitrogens with zero attached hydrogens (tertiary/aromatic N) is 2. The summed E-state index contributed by atoms with van der Waals surface area (Å²) < 4.78 is 0. The SMILES string of the molecule is Cc1nc(CCNC(=O)c2[nH]ncc2N)cs1. The van der Waals surface area contributed by atoms with E-state index in [2.05, 4.69) is 20.5 Å². The number of amides is 1. The molecule has 0 aliphatic carbocycles. The van der Waals surface area contributed by atoms with Crippen molar-refractivity contribution < 1.29 is 4.79 Å². The highest BCUT2D eigenvalue weighted by molar-refractivity contribution is 7.09. The van der Waals surface area contributed by atoms with Crippen LogP contribution in [0.4, 0.5) is 5.69 Å². The number of hydrogen-bond acceptors (Lipinski definition) is 5. The molecule has 17 heavy (non-hydrogen) atoms. The van der Waals surface area contributed by atoms with Crippen LogP contribution in [0.3, 0.4) is 0 Å². The van der Waals surface area contributed by atoms with Crippen LogP contribution in [-0.2, 0) is 6.42 Å². The zero-order valence-electron chi connectivity index (χ0n) is 9.36. The van der Waals surface area contributed by atoms with Crippen molar-refractivity contribution in [3.63, 3.8) is 0 Å². The third-order valence-electron chi connectivity index (χ3n) is 2.23. The van der Waals surface area contributed by atoms with Crippen LogP contribution >= 0.6 is 11.3 Å². The molecular formula is C10H13N5OS. The van der Waals surface area contributed by atoms with E-state index in [0.29, 0.717) is 24.3 Å². The first-order valence-corrected chi connectivity index (χ1v) is 6.03. The molecule has 7 heteroatoms. The van der Waals surface area contributed by atoms with Crippen molar-refractivity contribution in [2.45, 2.75) is 13.3 Å². The van der Waals surface area contributed by atoms with Gasteiger partial charge in [0.05, 0.1) is 22.6 Å². The van der Waals surface area contributed by atoms with Gasteiger partial charge < -0.3 is 11.1 Å². The second-order valence-corrected chi connectivity index (χ2v) is 4.63. The van der Waals surface area contributed by atoms with Gasteiger partial charge >= 0.3 is 0 Å². The number of rotatable bonds is 4. The Bertz CT molecular complexity index is 518. The molecule has 4 N–H and O–H groups in total.